The molecule has 140 valence electrons. The Labute approximate surface area is 180 Å². The van der Waals surface area contributed by atoms with Crippen molar-refractivity contribution in [2.24, 2.45) is 5.92 Å². The fourth-order valence-corrected chi connectivity index (χ4v) is 7.82. The smallest absolute Gasteiger partial charge is 0.277 e. The maximum absolute atomic E-state index is 12.8. The van der Waals surface area contributed by atoms with Crippen LogP contribution < -0.4 is 5.43 Å². The SMILES string of the molecule is COC1C(I)CC(I)CC1/C=C1\C(=O)NN(C2CCC(Cl)CC2)C1=O. The molecule has 5 nitrogen and oxygen atoms in total. The molecule has 2 aliphatic carbocycles. The fourth-order valence-electron chi connectivity index (χ4n) is 4.02. The molecule has 2 amide bonds. The molecule has 1 aliphatic heterocycles. The van der Waals surface area contributed by atoms with Crippen molar-refractivity contribution in [2.45, 2.75) is 63.9 Å². The van der Waals surface area contributed by atoms with E-state index in [0.29, 0.717) is 7.85 Å². The van der Waals surface area contributed by atoms with Crippen molar-refractivity contribution >= 4 is 68.6 Å². The van der Waals surface area contributed by atoms with Crippen LogP contribution in [0, 0.1) is 5.92 Å². The number of amides is 2. The fraction of sp³-hybridized carbons (Fsp3) is 0.765. The first-order valence-electron chi connectivity index (χ1n) is 8.72. The highest BCUT2D eigenvalue weighted by atomic mass is 127. The third kappa shape index (κ3) is 4.45. The minimum Gasteiger partial charge on any atom is -0.380 e. The van der Waals surface area contributed by atoms with Gasteiger partial charge >= 0.3 is 0 Å². The van der Waals surface area contributed by atoms with E-state index in [1.807, 2.05) is 6.08 Å². The summed E-state index contributed by atoms with van der Waals surface area (Å²) in [6.45, 7) is 0. The molecule has 0 bridgehead atoms. The van der Waals surface area contributed by atoms with Gasteiger partial charge in [-0.3, -0.25) is 15.0 Å². The molecule has 0 aromatic heterocycles. The quantitative estimate of drug-likeness (QED) is 0.237. The van der Waals surface area contributed by atoms with Crippen molar-refractivity contribution in [3.05, 3.63) is 11.6 Å². The second-order valence-corrected chi connectivity index (χ2v) is 11.0. The van der Waals surface area contributed by atoms with Crippen LogP contribution in [0.25, 0.3) is 0 Å². The van der Waals surface area contributed by atoms with Crippen LogP contribution in [-0.2, 0) is 14.3 Å². The van der Waals surface area contributed by atoms with E-state index < -0.39 is 0 Å². The van der Waals surface area contributed by atoms with Gasteiger partial charge < -0.3 is 4.74 Å². The molecule has 0 aromatic rings. The van der Waals surface area contributed by atoms with E-state index in [1.165, 1.54) is 5.01 Å². The lowest BCUT2D eigenvalue weighted by Gasteiger charge is -2.35. The zero-order valence-corrected chi connectivity index (χ0v) is 19.2. The molecule has 1 saturated heterocycles. The van der Waals surface area contributed by atoms with Crippen LogP contribution in [0.4, 0.5) is 0 Å². The summed E-state index contributed by atoms with van der Waals surface area (Å²) in [4.78, 5) is 25.2. The lowest BCUT2D eigenvalue weighted by Crippen LogP contribution is -2.46. The highest BCUT2D eigenvalue weighted by molar-refractivity contribution is 14.1. The van der Waals surface area contributed by atoms with Gasteiger partial charge in [-0.15, -0.1) is 11.6 Å². The summed E-state index contributed by atoms with van der Waals surface area (Å²) < 4.78 is 6.59. The molecule has 4 atom stereocenters. The zero-order chi connectivity index (χ0) is 18.1. The Kier molecular flexibility index (Phi) is 6.93. The highest BCUT2D eigenvalue weighted by Crippen LogP contribution is 2.37. The standard InChI is InChI=1S/C17H23ClI2N2O3/c1-25-15-9(6-11(19)8-14(15)20)7-13-16(23)21-22(17(13)24)12-4-2-10(18)3-5-12/h7,9-12,14-15H,2-6,8H2,1H3,(H,21,23)/b13-7+. The summed E-state index contributed by atoms with van der Waals surface area (Å²) in [6.07, 6.45) is 7.36. The average Bonchev–Trinajstić information content (AvgIpc) is 2.83. The number of methoxy groups -OCH3 is 1. The summed E-state index contributed by atoms with van der Waals surface area (Å²) in [5.74, 6) is -0.391. The van der Waals surface area contributed by atoms with Crippen molar-refractivity contribution in [1.82, 2.24) is 10.4 Å². The minimum absolute atomic E-state index is 0.0421. The molecule has 8 heteroatoms. The maximum atomic E-state index is 12.8. The number of nitrogens with one attached hydrogen (secondary N) is 1. The highest BCUT2D eigenvalue weighted by Gasteiger charge is 2.41. The number of hydrazine groups is 1. The van der Waals surface area contributed by atoms with Gasteiger partial charge in [0.2, 0.25) is 0 Å². The maximum Gasteiger partial charge on any atom is 0.277 e. The molecule has 1 heterocycles. The normalized spacial score (nSPS) is 41.3. The summed E-state index contributed by atoms with van der Waals surface area (Å²) in [6, 6.07) is 0.0524. The van der Waals surface area contributed by atoms with E-state index in [0.717, 1.165) is 38.5 Å². The van der Waals surface area contributed by atoms with E-state index >= 15 is 0 Å². The second-order valence-electron chi connectivity index (χ2n) is 7.05. The molecule has 2 saturated carbocycles. The molecular weight excluding hydrogens is 569 g/mol. The van der Waals surface area contributed by atoms with Crippen molar-refractivity contribution in [2.75, 3.05) is 7.11 Å². The van der Waals surface area contributed by atoms with Crippen LogP contribution in [0.3, 0.4) is 0 Å². The number of rotatable bonds is 3. The molecule has 0 aromatic carbocycles. The number of alkyl halides is 3. The van der Waals surface area contributed by atoms with Gasteiger partial charge in [0, 0.05) is 26.3 Å². The molecule has 3 rings (SSSR count). The number of carbonyl (C=O) groups excluding carboxylic acids is 2. The van der Waals surface area contributed by atoms with Crippen molar-refractivity contribution in [3.8, 4) is 0 Å². The molecule has 0 radical (unpaired) electrons. The monoisotopic (exact) mass is 592 g/mol. The Morgan fingerprint density at radius 3 is 2.52 bits per heavy atom. The first-order valence-corrected chi connectivity index (χ1v) is 11.6. The number of halogens is 3. The predicted molar refractivity (Wildman–Crippen MR) is 114 cm³/mol. The molecule has 25 heavy (non-hydrogen) atoms. The van der Waals surface area contributed by atoms with Gasteiger partial charge in [-0.2, -0.15) is 0 Å². The van der Waals surface area contributed by atoms with Gasteiger partial charge in [0.05, 0.1) is 12.1 Å². The first-order chi connectivity index (χ1) is 11.9. The van der Waals surface area contributed by atoms with Crippen LogP contribution in [-0.4, -0.2) is 49.3 Å². The number of nitrogens with zero attached hydrogens (tertiary/aromatic N) is 1. The van der Waals surface area contributed by atoms with Gasteiger partial charge in [-0.1, -0.05) is 51.3 Å². The van der Waals surface area contributed by atoms with Crippen molar-refractivity contribution in [1.29, 1.82) is 0 Å². The minimum atomic E-state index is -0.284. The van der Waals surface area contributed by atoms with Crippen LogP contribution >= 0.6 is 56.8 Å². The van der Waals surface area contributed by atoms with Gasteiger partial charge in [0.15, 0.2) is 0 Å². The number of hydrogen-bond acceptors (Lipinski definition) is 3. The lowest BCUT2D eigenvalue weighted by molar-refractivity contribution is -0.131. The van der Waals surface area contributed by atoms with Gasteiger partial charge in [0.25, 0.3) is 11.8 Å². The predicted octanol–water partition coefficient (Wildman–Crippen LogP) is 3.37. The average molecular weight is 593 g/mol. The second kappa shape index (κ2) is 8.60. The molecule has 3 fully saturated rings. The number of ether oxygens (including phenoxy) is 1. The molecule has 3 aliphatic rings. The Hall–Kier alpha value is 0.390. The Morgan fingerprint density at radius 1 is 1.20 bits per heavy atom. The third-order valence-electron chi connectivity index (χ3n) is 5.35. The molecule has 4 unspecified atom stereocenters. The largest absolute Gasteiger partial charge is 0.380 e. The zero-order valence-electron chi connectivity index (χ0n) is 14.1. The van der Waals surface area contributed by atoms with E-state index in [9.17, 15) is 9.59 Å². The summed E-state index contributed by atoms with van der Waals surface area (Å²) in [7, 11) is 1.71. The molecule has 1 N–H and O–H groups in total. The van der Waals surface area contributed by atoms with Crippen LogP contribution in [0.5, 0.6) is 0 Å². The number of carbonyl (C=O) groups is 2. The molecule has 0 spiro atoms. The van der Waals surface area contributed by atoms with Gasteiger partial charge in [-0.05, 0) is 38.5 Å². The third-order valence-corrected chi connectivity index (χ3v) is 8.02. The van der Waals surface area contributed by atoms with Crippen LogP contribution in [0.15, 0.2) is 11.6 Å². The Morgan fingerprint density at radius 2 is 1.88 bits per heavy atom. The van der Waals surface area contributed by atoms with E-state index in [2.05, 4.69) is 50.6 Å². The van der Waals surface area contributed by atoms with Crippen LogP contribution in [0.1, 0.15) is 38.5 Å². The summed E-state index contributed by atoms with van der Waals surface area (Å²) >= 11 is 11.0. The van der Waals surface area contributed by atoms with E-state index in [1.54, 1.807) is 7.11 Å². The Bertz CT molecular complexity index is 566. The first kappa shape index (κ1) is 20.1. The van der Waals surface area contributed by atoms with E-state index in [-0.39, 0.29) is 40.8 Å². The Balaban J connectivity index is 1.76. The topological polar surface area (TPSA) is 58.6 Å². The van der Waals surface area contributed by atoms with Crippen molar-refractivity contribution in [3.63, 3.8) is 0 Å². The summed E-state index contributed by atoms with van der Waals surface area (Å²) in [5, 5.41) is 1.72. The van der Waals surface area contributed by atoms with Gasteiger partial charge in [-0.25, -0.2) is 5.01 Å². The lowest BCUT2D eigenvalue weighted by atomic mass is 9.85. The van der Waals surface area contributed by atoms with Crippen molar-refractivity contribution < 1.29 is 14.3 Å². The molecular formula is C17H23ClI2N2O3. The van der Waals surface area contributed by atoms with E-state index in [4.69, 9.17) is 16.3 Å². The van der Waals surface area contributed by atoms with Crippen LogP contribution in [0.2, 0.25) is 0 Å². The summed E-state index contributed by atoms with van der Waals surface area (Å²) in [5.41, 5.74) is 3.04. The van der Waals surface area contributed by atoms with Gasteiger partial charge in [0.1, 0.15) is 5.57 Å². The number of hydrogen-bond donors (Lipinski definition) is 1.